The number of nitrogens with one attached hydrogen (secondary N) is 2. The zero-order valence-electron chi connectivity index (χ0n) is 11.6. The van der Waals surface area contributed by atoms with E-state index in [1.807, 2.05) is 13.8 Å². The Hall–Kier alpha value is -2.18. The van der Waals surface area contributed by atoms with Gasteiger partial charge in [0.15, 0.2) is 5.69 Å². The van der Waals surface area contributed by atoms with E-state index in [1.165, 1.54) is 6.20 Å². The van der Waals surface area contributed by atoms with Crippen LogP contribution in [0.15, 0.2) is 6.20 Å². The molecule has 1 aromatic rings. The molecule has 0 saturated carbocycles. The van der Waals surface area contributed by atoms with E-state index in [4.69, 9.17) is 5.73 Å². The van der Waals surface area contributed by atoms with Crippen LogP contribution in [0.2, 0.25) is 0 Å². The second-order valence-corrected chi connectivity index (χ2v) is 5.20. The summed E-state index contributed by atoms with van der Waals surface area (Å²) in [6, 6.07) is -0.0147. The Bertz CT molecular complexity index is 529. The minimum absolute atomic E-state index is 0.0147. The van der Waals surface area contributed by atoms with Gasteiger partial charge < -0.3 is 16.4 Å². The first-order valence-corrected chi connectivity index (χ1v) is 6.67. The average molecular weight is 277 g/mol. The SMILES string of the molecule is CC(C)c1ncc(N)c(C(=O)NCC2CCC(=O)N2)n1. The van der Waals surface area contributed by atoms with E-state index >= 15 is 0 Å². The Labute approximate surface area is 117 Å². The molecule has 0 aromatic carbocycles. The van der Waals surface area contributed by atoms with Crippen molar-refractivity contribution < 1.29 is 9.59 Å². The highest BCUT2D eigenvalue weighted by Gasteiger charge is 2.22. The first-order valence-electron chi connectivity index (χ1n) is 6.67. The summed E-state index contributed by atoms with van der Waals surface area (Å²) >= 11 is 0. The van der Waals surface area contributed by atoms with Crippen LogP contribution >= 0.6 is 0 Å². The van der Waals surface area contributed by atoms with Gasteiger partial charge in [-0.3, -0.25) is 9.59 Å². The van der Waals surface area contributed by atoms with E-state index in [0.717, 1.165) is 6.42 Å². The van der Waals surface area contributed by atoms with Gasteiger partial charge in [-0.1, -0.05) is 13.8 Å². The molecule has 1 fully saturated rings. The molecule has 1 unspecified atom stereocenters. The van der Waals surface area contributed by atoms with E-state index in [0.29, 0.717) is 18.8 Å². The molecule has 0 bridgehead atoms. The van der Waals surface area contributed by atoms with E-state index in [2.05, 4.69) is 20.6 Å². The zero-order chi connectivity index (χ0) is 14.7. The fraction of sp³-hybridized carbons (Fsp3) is 0.538. The van der Waals surface area contributed by atoms with E-state index < -0.39 is 0 Å². The Balaban J connectivity index is 2.01. The van der Waals surface area contributed by atoms with Crippen molar-refractivity contribution in [1.29, 1.82) is 0 Å². The van der Waals surface area contributed by atoms with Gasteiger partial charge in [-0.25, -0.2) is 9.97 Å². The summed E-state index contributed by atoms with van der Waals surface area (Å²) in [5.74, 6) is 0.385. The highest BCUT2D eigenvalue weighted by molar-refractivity contribution is 5.97. The second kappa shape index (κ2) is 5.85. The maximum Gasteiger partial charge on any atom is 0.272 e. The minimum atomic E-state index is -0.340. The molecular weight excluding hydrogens is 258 g/mol. The maximum absolute atomic E-state index is 12.1. The number of anilines is 1. The molecule has 2 amide bonds. The lowest BCUT2D eigenvalue weighted by atomic mass is 10.2. The van der Waals surface area contributed by atoms with Crippen molar-refractivity contribution in [3.63, 3.8) is 0 Å². The lowest BCUT2D eigenvalue weighted by Crippen LogP contribution is -2.39. The van der Waals surface area contributed by atoms with Crippen molar-refractivity contribution in [2.45, 2.75) is 38.6 Å². The number of carbonyl (C=O) groups excluding carboxylic acids is 2. The molecule has 20 heavy (non-hydrogen) atoms. The van der Waals surface area contributed by atoms with Gasteiger partial charge in [0, 0.05) is 24.9 Å². The van der Waals surface area contributed by atoms with Crippen molar-refractivity contribution in [2.24, 2.45) is 0 Å². The van der Waals surface area contributed by atoms with E-state index in [-0.39, 0.29) is 35.2 Å². The molecule has 108 valence electrons. The summed E-state index contributed by atoms with van der Waals surface area (Å²) in [5.41, 5.74) is 6.18. The van der Waals surface area contributed by atoms with Crippen LogP contribution in [0.4, 0.5) is 5.69 Å². The summed E-state index contributed by atoms with van der Waals surface area (Å²) in [6.07, 6.45) is 2.69. The Kier molecular flexibility index (Phi) is 4.16. The third kappa shape index (κ3) is 3.23. The highest BCUT2D eigenvalue weighted by atomic mass is 16.2. The minimum Gasteiger partial charge on any atom is -0.396 e. The van der Waals surface area contributed by atoms with Gasteiger partial charge >= 0.3 is 0 Å². The molecular formula is C13H19N5O2. The number of hydrogen-bond acceptors (Lipinski definition) is 5. The topological polar surface area (TPSA) is 110 Å². The van der Waals surface area contributed by atoms with Crippen LogP contribution in [0, 0.1) is 0 Å². The molecule has 2 rings (SSSR count). The Morgan fingerprint density at radius 3 is 2.95 bits per heavy atom. The molecule has 7 heteroatoms. The molecule has 1 atom stereocenters. The molecule has 2 heterocycles. The number of rotatable bonds is 4. The largest absolute Gasteiger partial charge is 0.396 e. The number of carbonyl (C=O) groups is 2. The fourth-order valence-corrected chi connectivity index (χ4v) is 1.99. The highest BCUT2D eigenvalue weighted by Crippen LogP contribution is 2.13. The number of hydrogen-bond donors (Lipinski definition) is 3. The maximum atomic E-state index is 12.1. The molecule has 1 aliphatic heterocycles. The lowest BCUT2D eigenvalue weighted by molar-refractivity contribution is -0.119. The van der Waals surface area contributed by atoms with Crippen molar-refractivity contribution in [1.82, 2.24) is 20.6 Å². The fourth-order valence-electron chi connectivity index (χ4n) is 1.99. The first kappa shape index (κ1) is 14.2. The van der Waals surface area contributed by atoms with E-state index in [1.54, 1.807) is 0 Å². The molecule has 0 aliphatic carbocycles. The molecule has 7 nitrogen and oxygen atoms in total. The quantitative estimate of drug-likeness (QED) is 0.727. The van der Waals surface area contributed by atoms with Gasteiger partial charge in [0.05, 0.1) is 11.9 Å². The van der Waals surface area contributed by atoms with Gasteiger partial charge in [0.2, 0.25) is 5.91 Å². The molecule has 4 N–H and O–H groups in total. The summed E-state index contributed by atoms with van der Waals surface area (Å²) < 4.78 is 0. The van der Waals surface area contributed by atoms with Crippen molar-refractivity contribution >= 4 is 17.5 Å². The predicted molar refractivity (Wildman–Crippen MR) is 74.0 cm³/mol. The summed E-state index contributed by atoms with van der Waals surface area (Å²) in [5, 5.41) is 5.53. The standard InChI is InChI=1S/C13H19N5O2/c1-7(2)12-15-6-9(14)11(18-12)13(20)16-5-8-3-4-10(19)17-8/h6-8H,3-5,14H2,1-2H3,(H,16,20)(H,17,19). The van der Waals surface area contributed by atoms with Crippen LogP contribution in [0.25, 0.3) is 0 Å². The molecule has 0 radical (unpaired) electrons. The summed E-state index contributed by atoms with van der Waals surface area (Å²) in [6.45, 7) is 4.27. The Morgan fingerprint density at radius 1 is 1.60 bits per heavy atom. The van der Waals surface area contributed by atoms with Gasteiger partial charge in [0.25, 0.3) is 5.91 Å². The van der Waals surface area contributed by atoms with Crippen molar-refractivity contribution in [3.05, 3.63) is 17.7 Å². The van der Waals surface area contributed by atoms with Gasteiger partial charge in [0.1, 0.15) is 5.82 Å². The number of nitrogens with zero attached hydrogens (tertiary/aromatic N) is 2. The van der Waals surface area contributed by atoms with Gasteiger partial charge in [-0.15, -0.1) is 0 Å². The van der Waals surface area contributed by atoms with Gasteiger partial charge in [-0.05, 0) is 6.42 Å². The number of amides is 2. The zero-order valence-corrected chi connectivity index (χ0v) is 11.6. The normalized spacial score (nSPS) is 18.1. The van der Waals surface area contributed by atoms with Crippen LogP contribution in [0.5, 0.6) is 0 Å². The number of nitrogen functional groups attached to an aromatic ring is 1. The monoisotopic (exact) mass is 277 g/mol. The van der Waals surface area contributed by atoms with Crippen LogP contribution in [0.1, 0.15) is 48.9 Å². The summed E-state index contributed by atoms with van der Waals surface area (Å²) in [4.78, 5) is 31.5. The molecule has 0 spiro atoms. The van der Waals surface area contributed by atoms with E-state index in [9.17, 15) is 9.59 Å². The molecule has 1 aromatic heterocycles. The smallest absolute Gasteiger partial charge is 0.272 e. The van der Waals surface area contributed by atoms with Crippen LogP contribution in [-0.4, -0.2) is 34.4 Å². The first-order chi connectivity index (χ1) is 9.47. The van der Waals surface area contributed by atoms with Crippen LogP contribution in [-0.2, 0) is 4.79 Å². The number of aromatic nitrogens is 2. The third-order valence-corrected chi connectivity index (χ3v) is 3.16. The van der Waals surface area contributed by atoms with Crippen LogP contribution < -0.4 is 16.4 Å². The molecule has 1 aliphatic rings. The molecule has 1 saturated heterocycles. The van der Waals surface area contributed by atoms with Crippen LogP contribution in [0.3, 0.4) is 0 Å². The average Bonchev–Trinajstić information content (AvgIpc) is 2.82. The third-order valence-electron chi connectivity index (χ3n) is 3.16. The number of nitrogens with two attached hydrogens (primary N) is 1. The van der Waals surface area contributed by atoms with Crippen molar-refractivity contribution in [3.8, 4) is 0 Å². The van der Waals surface area contributed by atoms with Gasteiger partial charge in [-0.2, -0.15) is 0 Å². The lowest BCUT2D eigenvalue weighted by Gasteiger charge is -2.12. The Morgan fingerprint density at radius 2 is 2.35 bits per heavy atom. The van der Waals surface area contributed by atoms with Crippen molar-refractivity contribution in [2.75, 3.05) is 12.3 Å². The predicted octanol–water partition coefficient (Wildman–Crippen LogP) is 0.191. The second-order valence-electron chi connectivity index (χ2n) is 5.20. The summed E-state index contributed by atoms with van der Waals surface area (Å²) in [7, 11) is 0.